The molecule has 0 saturated carbocycles. The van der Waals surface area contributed by atoms with Crippen LogP contribution in [0.1, 0.15) is 13.8 Å². The van der Waals surface area contributed by atoms with Crippen LogP contribution in [-0.2, 0) is 23.8 Å². The SMILES string of the molecule is CC(=O)O[C@H]1C=CC(=O)OC1C1C2C=CC=CC(O2)[C@H]1C. The fourth-order valence-electron chi connectivity index (χ4n) is 3.26. The molecule has 3 aliphatic rings. The van der Waals surface area contributed by atoms with Crippen LogP contribution in [0.2, 0.25) is 0 Å². The van der Waals surface area contributed by atoms with Gasteiger partial charge in [0, 0.05) is 18.9 Å². The summed E-state index contributed by atoms with van der Waals surface area (Å²) in [7, 11) is 0. The molecule has 0 radical (unpaired) electrons. The van der Waals surface area contributed by atoms with Gasteiger partial charge in [-0.3, -0.25) is 4.79 Å². The van der Waals surface area contributed by atoms with E-state index < -0.39 is 24.1 Å². The minimum absolute atomic E-state index is 0.0161. The molecule has 3 aliphatic heterocycles. The van der Waals surface area contributed by atoms with E-state index in [1.54, 1.807) is 6.08 Å². The van der Waals surface area contributed by atoms with Crippen LogP contribution in [0.4, 0.5) is 0 Å². The van der Waals surface area contributed by atoms with Crippen molar-refractivity contribution in [2.75, 3.05) is 0 Å². The Labute approximate surface area is 123 Å². The van der Waals surface area contributed by atoms with E-state index >= 15 is 0 Å². The van der Waals surface area contributed by atoms with Gasteiger partial charge in [0.05, 0.1) is 12.2 Å². The third-order valence-electron chi connectivity index (χ3n) is 4.21. The predicted molar refractivity (Wildman–Crippen MR) is 74.2 cm³/mol. The Hall–Kier alpha value is -1.88. The Kier molecular flexibility index (Phi) is 3.68. The van der Waals surface area contributed by atoms with Gasteiger partial charge in [0.2, 0.25) is 0 Å². The van der Waals surface area contributed by atoms with Gasteiger partial charge in [-0.05, 0) is 12.0 Å². The van der Waals surface area contributed by atoms with Gasteiger partial charge < -0.3 is 14.2 Å². The van der Waals surface area contributed by atoms with Gasteiger partial charge in [-0.25, -0.2) is 4.79 Å². The van der Waals surface area contributed by atoms with Gasteiger partial charge in [0.25, 0.3) is 0 Å². The lowest BCUT2D eigenvalue weighted by atomic mass is 9.80. The number of carbonyl (C=O) groups is 2. The number of ether oxygens (including phenoxy) is 3. The topological polar surface area (TPSA) is 61.8 Å². The first-order chi connectivity index (χ1) is 10.1. The monoisotopic (exact) mass is 290 g/mol. The number of cyclic esters (lactones) is 1. The van der Waals surface area contributed by atoms with E-state index in [9.17, 15) is 9.59 Å². The Morgan fingerprint density at radius 1 is 1.19 bits per heavy atom. The van der Waals surface area contributed by atoms with Crippen LogP contribution in [0, 0.1) is 11.8 Å². The quantitative estimate of drug-likeness (QED) is 0.722. The van der Waals surface area contributed by atoms with Crippen molar-refractivity contribution in [3.63, 3.8) is 0 Å². The first-order valence-corrected chi connectivity index (χ1v) is 7.13. The minimum atomic E-state index is -0.561. The van der Waals surface area contributed by atoms with Gasteiger partial charge in [-0.2, -0.15) is 0 Å². The van der Waals surface area contributed by atoms with Crippen LogP contribution in [0.5, 0.6) is 0 Å². The normalized spacial score (nSPS) is 40.8. The van der Waals surface area contributed by atoms with Crippen molar-refractivity contribution in [3.8, 4) is 0 Å². The number of allylic oxidation sites excluding steroid dienone is 2. The first-order valence-electron chi connectivity index (χ1n) is 7.13. The molecule has 0 amide bonds. The van der Waals surface area contributed by atoms with Crippen LogP contribution in [0.15, 0.2) is 36.5 Å². The zero-order valence-electron chi connectivity index (χ0n) is 12.0. The lowest BCUT2D eigenvalue weighted by Crippen LogP contribution is -2.46. The highest BCUT2D eigenvalue weighted by atomic mass is 16.6. The molecule has 3 heterocycles. The maximum Gasteiger partial charge on any atom is 0.330 e. The highest BCUT2D eigenvalue weighted by Gasteiger charge is 2.49. The molecule has 3 rings (SSSR count). The summed E-state index contributed by atoms with van der Waals surface area (Å²) in [6.07, 6.45) is 9.52. The van der Waals surface area contributed by atoms with E-state index in [0.29, 0.717) is 0 Å². The largest absolute Gasteiger partial charge is 0.454 e. The van der Waals surface area contributed by atoms with Crippen molar-refractivity contribution in [2.24, 2.45) is 11.8 Å². The van der Waals surface area contributed by atoms with E-state index in [1.165, 1.54) is 13.0 Å². The minimum Gasteiger partial charge on any atom is -0.454 e. The predicted octanol–water partition coefficient (Wildman–Crippen LogP) is 1.55. The summed E-state index contributed by atoms with van der Waals surface area (Å²) in [5.74, 6) is -0.683. The molecule has 1 fully saturated rings. The second-order valence-electron chi connectivity index (χ2n) is 5.61. The van der Waals surface area contributed by atoms with Crippen LogP contribution >= 0.6 is 0 Å². The van der Waals surface area contributed by atoms with Crippen molar-refractivity contribution in [3.05, 3.63) is 36.5 Å². The molecule has 5 nitrogen and oxygen atoms in total. The van der Waals surface area contributed by atoms with Gasteiger partial charge in [0.15, 0.2) is 6.10 Å². The Morgan fingerprint density at radius 3 is 2.62 bits per heavy atom. The number of rotatable bonds is 2. The lowest BCUT2D eigenvalue weighted by Gasteiger charge is -2.34. The molecule has 0 aromatic heterocycles. The average Bonchev–Trinajstić information content (AvgIpc) is 2.61. The van der Waals surface area contributed by atoms with Crippen molar-refractivity contribution in [1.82, 2.24) is 0 Å². The highest BCUT2D eigenvalue weighted by Crippen LogP contribution is 2.40. The first kappa shape index (κ1) is 14.1. The maximum atomic E-state index is 11.6. The van der Waals surface area contributed by atoms with Crippen molar-refractivity contribution in [2.45, 2.75) is 38.3 Å². The Balaban J connectivity index is 1.88. The van der Waals surface area contributed by atoms with E-state index in [4.69, 9.17) is 14.2 Å². The number of hydrogen-bond donors (Lipinski definition) is 0. The second kappa shape index (κ2) is 5.48. The van der Waals surface area contributed by atoms with Gasteiger partial charge >= 0.3 is 11.9 Å². The summed E-state index contributed by atoms with van der Waals surface area (Å²) in [4.78, 5) is 22.9. The highest BCUT2D eigenvalue weighted by molar-refractivity contribution is 5.83. The summed E-state index contributed by atoms with van der Waals surface area (Å²) in [5, 5.41) is 0. The number of fused-ring (bicyclic) bond motifs is 2. The maximum absolute atomic E-state index is 11.6. The Morgan fingerprint density at radius 2 is 1.90 bits per heavy atom. The van der Waals surface area contributed by atoms with Crippen molar-refractivity contribution < 1.29 is 23.8 Å². The molecule has 0 aromatic rings. The van der Waals surface area contributed by atoms with Crippen LogP contribution < -0.4 is 0 Å². The molecule has 1 saturated heterocycles. The van der Waals surface area contributed by atoms with E-state index in [1.807, 2.05) is 24.3 Å². The van der Waals surface area contributed by atoms with E-state index in [-0.39, 0.29) is 24.0 Å². The number of hydrogen-bond acceptors (Lipinski definition) is 5. The average molecular weight is 290 g/mol. The molecule has 0 spiro atoms. The smallest absolute Gasteiger partial charge is 0.330 e. The standard InChI is InChI=1S/C16H18O5/c1-9-11-5-3-4-6-12(20-11)15(9)16-13(19-10(2)17)7-8-14(18)21-16/h3-9,11-13,15-16H,1-2H3/t9-,11?,12?,13+,15?,16?/m1/s1. The molecule has 0 aromatic carbocycles. The zero-order chi connectivity index (χ0) is 15.0. The molecule has 0 N–H and O–H groups in total. The molecular formula is C16H18O5. The summed E-state index contributed by atoms with van der Waals surface area (Å²) >= 11 is 0. The molecule has 6 atom stereocenters. The van der Waals surface area contributed by atoms with Gasteiger partial charge in [-0.15, -0.1) is 0 Å². The fourth-order valence-corrected chi connectivity index (χ4v) is 3.26. The van der Waals surface area contributed by atoms with Crippen LogP contribution in [-0.4, -0.2) is 36.4 Å². The fraction of sp³-hybridized carbons (Fsp3) is 0.500. The van der Waals surface area contributed by atoms with E-state index in [0.717, 1.165) is 0 Å². The zero-order valence-corrected chi connectivity index (χ0v) is 12.0. The third kappa shape index (κ3) is 2.65. The number of carbonyl (C=O) groups excluding carboxylic acids is 2. The second-order valence-corrected chi connectivity index (χ2v) is 5.61. The molecule has 21 heavy (non-hydrogen) atoms. The summed E-state index contributed by atoms with van der Waals surface area (Å²) in [6.45, 7) is 3.41. The third-order valence-corrected chi connectivity index (χ3v) is 4.21. The molecule has 5 heteroatoms. The van der Waals surface area contributed by atoms with Crippen LogP contribution in [0.3, 0.4) is 0 Å². The molecule has 0 aliphatic carbocycles. The molecule has 112 valence electrons. The lowest BCUT2D eigenvalue weighted by molar-refractivity contribution is -0.168. The van der Waals surface area contributed by atoms with E-state index in [2.05, 4.69) is 6.92 Å². The van der Waals surface area contributed by atoms with Gasteiger partial charge in [-0.1, -0.05) is 31.2 Å². The molecular weight excluding hydrogens is 272 g/mol. The summed E-state index contributed by atoms with van der Waals surface area (Å²) < 4.78 is 16.7. The summed E-state index contributed by atoms with van der Waals surface area (Å²) in [5.41, 5.74) is 0. The number of esters is 2. The Bertz CT molecular complexity index is 533. The van der Waals surface area contributed by atoms with Gasteiger partial charge in [0.1, 0.15) is 6.10 Å². The van der Waals surface area contributed by atoms with Crippen molar-refractivity contribution >= 4 is 11.9 Å². The molecule has 2 bridgehead atoms. The molecule has 4 unspecified atom stereocenters. The van der Waals surface area contributed by atoms with Crippen LogP contribution in [0.25, 0.3) is 0 Å². The van der Waals surface area contributed by atoms with Crippen molar-refractivity contribution in [1.29, 1.82) is 0 Å². The summed E-state index contributed by atoms with van der Waals surface area (Å²) in [6, 6.07) is 0.